The van der Waals surface area contributed by atoms with Crippen molar-refractivity contribution in [3.8, 4) is 23.3 Å². The molecular weight excluding hydrogens is 244 g/mol. The molecule has 0 bridgehead atoms. The third-order valence-corrected chi connectivity index (χ3v) is 2.71. The van der Waals surface area contributed by atoms with Gasteiger partial charge < -0.3 is 4.74 Å². The minimum Gasteiger partial charge on any atom is -0.456 e. The molecular formula is C19H20O. The second-order valence-electron chi connectivity index (χ2n) is 5.91. The molecule has 0 saturated carbocycles. The van der Waals surface area contributed by atoms with Gasteiger partial charge in [-0.15, -0.1) is 0 Å². The molecule has 0 aliphatic carbocycles. The van der Waals surface area contributed by atoms with E-state index in [0.717, 1.165) is 17.1 Å². The molecule has 2 aromatic rings. The largest absolute Gasteiger partial charge is 0.456 e. The van der Waals surface area contributed by atoms with Gasteiger partial charge in [0, 0.05) is 5.41 Å². The van der Waals surface area contributed by atoms with Gasteiger partial charge in [0.05, 0.1) is 5.56 Å². The van der Waals surface area contributed by atoms with Crippen molar-refractivity contribution >= 4 is 0 Å². The van der Waals surface area contributed by atoms with Crippen molar-refractivity contribution < 1.29 is 4.74 Å². The summed E-state index contributed by atoms with van der Waals surface area (Å²) in [5.74, 6) is 8.09. The van der Waals surface area contributed by atoms with Gasteiger partial charge in [-0.1, -0.05) is 41.7 Å². The van der Waals surface area contributed by atoms with Crippen molar-refractivity contribution in [1.29, 1.82) is 0 Å². The molecule has 0 atom stereocenters. The molecule has 2 rings (SSSR count). The Labute approximate surface area is 121 Å². The van der Waals surface area contributed by atoms with E-state index in [2.05, 4.69) is 39.5 Å². The number of hydrogen-bond donors (Lipinski definition) is 0. The molecule has 0 aliphatic rings. The molecule has 0 fully saturated rings. The highest BCUT2D eigenvalue weighted by atomic mass is 16.5. The van der Waals surface area contributed by atoms with Gasteiger partial charge in [-0.05, 0) is 52.0 Å². The number of rotatable bonds is 2. The maximum absolute atomic E-state index is 5.93. The smallest absolute Gasteiger partial charge is 0.143 e. The summed E-state index contributed by atoms with van der Waals surface area (Å²) in [5.41, 5.74) is 2.12. The zero-order valence-electron chi connectivity index (χ0n) is 12.5. The molecule has 0 N–H and O–H groups in total. The summed E-state index contributed by atoms with van der Waals surface area (Å²) in [5, 5.41) is 0. The molecule has 0 aliphatic heterocycles. The Kier molecular flexibility index (Phi) is 4.15. The fraction of sp³-hybridized carbons (Fsp3) is 0.263. The fourth-order valence-corrected chi connectivity index (χ4v) is 1.65. The van der Waals surface area contributed by atoms with Crippen LogP contribution in [-0.4, -0.2) is 0 Å². The first kappa shape index (κ1) is 14.2. The second kappa shape index (κ2) is 5.84. The Morgan fingerprint density at radius 1 is 0.900 bits per heavy atom. The average molecular weight is 264 g/mol. The van der Waals surface area contributed by atoms with Crippen molar-refractivity contribution in [3.05, 3.63) is 59.7 Å². The number of hydrogen-bond acceptors (Lipinski definition) is 1. The van der Waals surface area contributed by atoms with Crippen LogP contribution in [0.3, 0.4) is 0 Å². The Hall–Kier alpha value is -2.20. The summed E-state index contributed by atoms with van der Waals surface area (Å²) in [4.78, 5) is 0. The highest BCUT2D eigenvalue weighted by Crippen LogP contribution is 2.25. The standard InChI is InChI=1S/C19H20O/c1-15-9-11-17(12-10-15)20-18-8-6-5-7-16(18)13-14-19(2,3)4/h5-12H,1-4H3. The van der Waals surface area contributed by atoms with Crippen molar-refractivity contribution in [1.82, 2.24) is 0 Å². The van der Waals surface area contributed by atoms with E-state index in [-0.39, 0.29) is 5.41 Å². The molecule has 1 nitrogen and oxygen atoms in total. The number of ether oxygens (including phenoxy) is 1. The molecule has 0 aromatic heterocycles. The van der Waals surface area contributed by atoms with Crippen molar-refractivity contribution in [2.45, 2.75) is 27.7 Å². The molecule has 102 valence electrons. The van der Waals surface area contributed by atoms with Crippen molar-refractivity contribution in [3.63, 3.8) is 0 Å². The van der Waals surface area contributed by atoms with Crippen LogP contribution in [0, 0.1) is 24.2 Å². The highest BCUT2D eigenvalue weighted by molar-refractivity contribution is 5.48. The van der Waals surface area contributed by atoms with E-state index >= 15 is 0 Å². The van der Waals surface area contributed by atoms with Gasteiger partial charge in [-0.25, -0.2) is 0 Å². The lowest BCUT2D eigenvalue weighted by atomic mass is 9.97. The van der Waals surface area contributed by atoms with E-state index in [1.165, 1.54) is 5.56 Å². The summed E-state index contributed by atoms with van der Waals surface area (Å²) >= 11 is 0. The lowest BCUT2D eigenvalue weighted by molar-refractivity contribution is 0.481. The first-order valence-electron chi connectivity index (χ1n) is 6.81. The van der Waals surface area contributed by atoms with Crippen LogP contribution < -0.4 is 4.74 Å². The predicted octanol–water partition coefficient (Wildman–Crippen LogP) is 5.18. The lowest BCUT2D eigenvalue weighted by Gasteiger charge is -2.09. The van der Waals surface area contributed by atoms with E-state index in [9.17, 15) is 0 Å². The van der Waals surface area contributed by atoms with E-state index in [4.69, 9.17) is 4.74 Å². The normalized spacial score (nSPS) is 10.6. The average Bonchev–Trinajstić information content (AvgIpc) is 2.39. The minimum atomic E-state index is -0.0169. The van der Waals surface area contributed by atoms with E-state index in [0.29, 0.717) is 0 Å². The maximum Gasteiger partial charge on any atom is 0.143 e. The van der Waals surface area contributed by atoms with E-state index in [1.807, 2.05) is 48.5 Å². The van der Waals surface area contributed by atoms with Crippen LogP contribution >= 0.6 is 0 Å². The summed E-state index contributed by atoms with van der Waals surface area (Å²) in [6, 6.07) is 15.9. The molecule has 20 heavy (non-hydrogen) atoms. The Morgan fingerprint density at radius 2 is 1.55 bits per heavy atom. The topological polar surface area (TPSA) is 9.23 Å². The summed E-state index contributed by atoms with van der Waals surface area (Å²) in [6.07, 6.45) is 0. The van der Waals surface area contributed by atoms with Gasteiger partial charge in [0.2, 0.25) is 0 Å². The summed E-state index contributed by atoms with van der Waals surface area (Å²) in [6.45, 7) is 8.36. The maximum atomic E-state index is 5.93. The third-order valence-electron chi connectivity index (χ3n) is 2.71. The Morgan fingerprint density at radius 3 is 2.20 bits per heavy atom. The van der Waals surface area contributed by atoms with Gasteiger partial charge in [0.25, 0.3) is 0 Å². The zero-order valence-corrected chi connectivity index (χ0v) is 12.5. The molecule has 0 heterocycles. The Bertz CT molecular complexity index is 634. The van der Waals surface area contributed by atoms with Crippen LogP contribution in [0.15, 0.2) is 48.5 Å². The number of aryl methyl sites for hydroxylation is 1. The van der Waals surface area contributed by atoms with Crippen LogP contribution in [0.4, 0.5) is 0 Å². The van der Waals surface area contributed by atoms with Gasteiger partial charge in [-0.3, -0.25) is 0 Å². The van der Waals surface area contributed by atoms with Gasteiger partial charge in [-0.2, -0.15) is 0 Å². The van der Waals surface area contributed by atoms with Crippen LogP contribution in [0.2, 0.25) is 0 Å². The first-order valence-corrected chi connectivity index (χ1v) is 6.81. The third kappa shape index (κ3) is 4.17. The highest BCUT2D eigenvalue weighted by Gasteiger charge is 2.06. The van der Waals surface area contributed by atoms with E-state index < -0.39 is 0 Å². The number of benzene rings is 2. The predicted molar refractivity (Wildman–Crippen MR) is 84.0 cm³/mol. The first-order chi connectivity index (χ1) is 9.44. The molecule has 0 saturated heterocycles. The van der Waals surface area contributed by atoms with Crippen molar-refractivity contribution in [2.24, 2.45) is 5.41 Å². The fourth-order valence-electron chi connectivity index (χ4n) is 1.65. The van der Waals surface area contributed by atoms with E-state index in [1.54, 1.807) is 0 Å². The second-order valence-corrected chi connectivity index (χ2v) is 5.91. The SMILES string of the molecule is Cc1ccc(Oc2ccccc2C#CC(C)(C)C)cc1. The lowest BCUT2D eigenvalue weighted by Crippen LogP contribution is -1.99. The minimum absolute atomic E-state index is 0.0169. The molecule has 0 amide bonds. The summed E-state index contributed by atoms with van der Waals surface area (Å²) < 4.78 is 5.93. The molecule has 0 radical (unpaired) electrons. The van der Waals surface area contributed by atoms with Crippen LogP contribution in [0.25, 0.3) is 0 Å². The quantitative estimate of drug-likeness (QED) is 0.679. The van der Waals surface area contributed by atoms with Gasteiger partial charge >= 0.3 is 0 Å². The zero-order chi connectivity index (χ0) is 14.6. The molecule has 0 unspecified atom stereocenters. The molecule has 1 heteroatoms. The van der Waals surface area contributed by atoms with Gasteiger partial charge in [0.1, 0.15) is 11.5 Å². The monoisotopic (exact) mass is 264 g/mol. The van der Waals surface area contributed by atoms with Crippen LogP contribution in [-0.2, 0) is 0 Å². The Balaban J connectivity index is 2.28. The van der Waals surface area contributed by atoms with Crippen LogP contribution in [0.1, 0.15) is 31.9 Å². The van der Waals surface area contributed by atoms with Gasteiger partial charge in [0.15, 0.2) is 0 Å². The summed E-state index contributed by atoms with van der Waals surface area (Å²) in [7, 11) is 0. The number of para-hydroxylation sites is 1. The van der Waals surface area contributed by atoms with Crippen LogP contribution in [0.5, 0.6) is 11.5 Å². The van der Waals surface area contributed by atoms with Crippen molar-refractivity contribution in [2.75, 3.05) is 0 Å². The molecule has 0 spiro atoms. The molecule has 2 aromatic carbocycles.